The van der Waals surface area contributed by atoms with Crippen LogP contribution in [0.4, 0.5) is 0 Å². The first-order chi connectivity index (χ1) is 10.0. The van der Waals surface area contributed by atoms with Gasteiger partial charge in [0, 0.05) is 13.1 Å². The Hall–Kier alpha value is -1.39. The summed E-state index contributed by atoms with van der Waals surface area (Å²) in [6.07, 6.45) is 1.21. The number of hydrogen-bond donors (Lipinski definition) is 2. The number of benzene rings is 1. The van der Waals surface area contributed by atoms with Gasteiger partial charge in [0.05, 0.1) is 12.1 Å². The molecule has 2 unspecified atom stereocenters. The maximum Gasteiger partial charge on any atom is 0.239 e. The van der Waals surface area contributed by atoms with Gasteiger partial charge in [-0.25, -0.2) is 0 Å². The zero-order valence-electron chi connectivity index (χ0n) is 12.9. The highest BCUT2D eigenvalue weighted by atomic mass is 16.3. The van der Waals surface area contributed by atoms with Crippen LogP contribution in [0.5, 0.6) is 0 Å². The Balaban J connectivity index is 1.90. The summed E-state index contributed by atoms with van der Waals surface area (Å²) < 4.78 is 0. The van der Waals surface area contributed by atoms with Crippen LogP contribution in [0.25, 0.3) is 0 Å². The summed E-state index contributed by atoms with van der Waals surface area (Å²) in [5.41, 5.74) is 6.90. The average Bonchev–Trinajstić information content (AvgIpc) is 2.53. The van der Waals surface area contributed by atoms with E-state index in [1.807, 2.05) is 49.1 Å². The van der Waals surface area contributed by atoms with Gasteiger partial charge in [-0.3, -0.25) is 4.79 Å². The van der Waals surface area contributed by atoms with Gasteiger partial charge in [-0.15, -0.1) is 0 Å². The minimum Gasteiger partial charge on any atom is -0.388 e. The van der Waals surface area contributed by atoms with Crippen LogP contribution in [0, 0.1) is 11.8 Å². The van der Waals surface area contributed by atoms with E-state index < -0.39 is 12.1 Å². The number of nitrogens with two attached hydrogens (primary N) is 1. The zero-order chi connectivity index (χ0) is 15.4. The minimum absolute atomic E-state index is 0.0395. The van der Waals surface area contributed by atoms with E-state index in [1.165, 1.54) is 0 Å². The van der Waals surface area contributed by atoms with Crippen LogP contribution >= 0.6 is 0 Å². The first kappa shape index (κ1) is 16.0. The van der Waals surface area contributed by atoms with Crippen LogP contribution in [0.2, 0.25) is 0 Å². The number of carbonyl (C=O) groups is 1. The molecule has 1 heterocycles. The number of aliphatic hydroxyl groups excluding tert-OH is 1. The van der Waals surface area contributed by atoms with Gasteiger partial charge in [-0.05, 0) is 30.2 Å². The number of hydrogen-bond acceptors (Lipinski definition) is 3. The van der Waals surface area contributed by atoms with E-state index in [2.05, 4.69) is 0 Å². The van der Waals surface area contributed by atoms with E-state index in [0.29, 0.717) is 13.1 Å². The van der Waals surface area contributed by atoms with Gasteiger partial charge in [-0.1, -0.05) is 44.2 Å². The maximum absolute atomic E-state index is 12.2. The zero-order valence-corrected chi connectivity index (χ0v) is 12.9. The fraction of sp³-hybridized carbons (Fsp3) is 0.588. The molecule has 21 heavy (non-hydrogen) atoms. The Kier molecular flexibility index (Phi) is 5.37. The highest BCUT2D eigenvalue weighted by Gasteiger charge is 2.30. The lowest BCUT2D eigenvalue weighted by atomic mass is 9.87. The number of nitrogens with zero attached hydrogens (tertiary/aromatic N) is 1. The Bertz CT molecular complexity index is 453. The standard InChI is InChI=1S/C17H26N2O2/c1-12(2)15(18)17(21)19-10-8-14(9-11-19)16(20)13-6-4-3-5-7-13/h3-7,12,14-16,20H,8-11,18H2,1-2H3. The summed E-state index contributed by atoms with van der Waals surface area (Å²) >= 11 is 0. The Morgan fingerprint density at radius 3 is 2.33 bits per heavy atom. The molecule has 1 aliphatic heterocycles. The number of amides is 1. The van der Waals surface area contributed by atoms with Crippen LogP contribution in [0.15, 0.2) is 30.3 Å². The monoisotopic (exact) mass is 290 g/mol. The lowest BCUT2D eigenvalue weighted by molar-refractivity contribution is -0.135. The molecule has 0 bridgehead atoms. The third-order valence-corrected chi connectivity index (χ3v) is 4.44. The van der Waals surface area contributed by atoms with E-state index in [1.54, 1.807) is 0 Å². The molecular formula is C17H26N2O2. The lowest BCUT2D eigenvalue weighted by Crippen LogP contribution is -2.49. The van der Waals surface area contributed by atoms with Gasteiger partial charge in [0.2, 0.25) is 5.91 Å². The number of rotatable bonds is 4. The summed E-state index contributed by atoms with van der Waals surface area (Å²) in [7, 11) is 0. The largest absolute Gasteiger partial charge is 0.388 e. The van der Waals surface area contributed by atoms with Gasteiger partial charge in [-0.2, -0.15) is 0 Å². The predicted molar refractivity (Wildman–Crippen MR) is 83.5 cm³/mol. The van der Waals surface area contributed by atoms with E-state index in [-0.39, 0.29) is 17.7 Å². The molecule has 2 atom stereocenters. The molecule has 3 N–H and O–H groups in total. The molecule has 0 saturated carbocycles. The van der Waals surface area contributed by atoms with Gasteiger partial charge in [0.25, 0.3) is 0 Å². The highest BCUT2D eigenvalue weighted by Crippen LogP contribution is 2.30. The third kappa shape index (κ3) is 3.83. The summed E-state index contributed by atoms with van der Waals surface area (Å²) in [6.45, 7) is 5.31. The van der Waals surface area contributed by atoms with Crippen molar-refractivity contribution in [3.8, 4) is 0 Å². The summed E-state index contributed by atoms with van der Waals surface area (Å²) in [6, 6.07) is 9.33. The van der Waals surface area contributed by atoms with E-state index in [4.69, 9.17) is 5.73 Å². The van der Waals surface area contributed by atoms with Crippen molar-refractivity contribution in [3.63, 3.8) is 0 Å². The molecule has 4 heteroatoms. The first-order valence-corrected chi connectivity index (χ1v) is 7.78. The second-order valence-corrected chi connectivity index (χ2v) is 6.29. The fourth-order valence-electron chi connectivity index (χ4n) is 2.85. The van der Waals surface area contributed by atoms with Crippen LogP contribution in [-0.2, 0) is 4.79 Å². The van der Waals surface area contributed by atoms with Crippen LogP contribution in [0.1, 0.15) is 38.4 Å². The number of likely N-dealkylation sites (tertiary alicyclic amines) is 1. The molecule has 1 amide bonds. The Morgan fingerprint density at radius 2 is 1.81 bits per heavy atom. The molecule has 1 aromatic carbocycles. The normalized spacial score (nSPS) is 19.6. The number of piperidine rings is 1. The average molecular weight is 290 g/mol. The van der Waals surface area contributed by atoms with Gasteiger partial charge in [0.1, 0.15) is 0 Å². The lowest BCUT2D eigenvalue weighted by Gasteiger charge is -2.36. The van der Waals surface area contributed by atoms with Crippen LogP contribution < -0.4 is 5.73 Å². The Labute approximate surface area is 126 Å². The molecule has 2 rings (SSSR count). The molecule has 1 fully saturated rings. The highest BCUT2D eigenvalue weighted by molar-refractivity contribution is 5.82. The molecule has 1 aliphatic rings. The molecular weight excluding hydrogens is 264 g/mol. The van der Waals surface area contributed by atoms with Gasteiger partial charge >= 0.3 is 0 Å². The number of carbonyl (C=O) groups excluding carboxylic acids is 1. The molecule has 1 saturated heterocycles. The van der Waals surface area contributed by atoms with Crippen molar-refractivity contribution >= 4 is 5.91 Å². The van der Waals surface area contributed by atoms with Crippen molar-refractivity contribution in [1.29, 1.82) is 0 Å². The molecule has 0 radical (unpaired) electrons. The molecule has 116 valence electrons. The summed E-state index contributed by atoms with van der Waals surface area (Å²) in [4.78, 5) is 14.1. The topological polar surface area (TPSA) is 66.6 Å². The second kappa shape index (κ2) is 7.05. The molecule has 0 spiro atoms. The summed E-state index contributed by atoms with van der Waals surface area (Å²) in [5.74, 6) is 0.412. The molecule has 0 aliphatic carbocycles. The van der Waals surface area contributed by atoms with Crippen molar-refractivity contribution in [2.45, 2.75) is 38.8 Å². The molecule has 0 aromatic heterocycles. The van der Waals surface area contributed by atoms with Crippen molar-refractivity contribution < 1.29 is 9.90 Å². The number of aliphatic hydroxyl groups is 1. The molecule has 4 nitrogen and oxygen atoms in total. The van der Waals surface area contributed by atoms with Crippen molar-refractivity contribution in [3.05, 3.63) is 35.9 Å². The SMILES string of the molecule is CC(C)C(N)C(=O)N1CCC(C(O)c2ccccc2)CC1. The quantitative estimate of drug-likeness (QED) is 0.890. The maximum atomic E-state index is 12.2. The summed E-state index contributed by atoms with van der Waals surface area (Å²) in [5, 5.41) is 10.4. The van der Waals surface area contributed by atoms with Crippen molar-refractivity contribution in [1.82, 2.24) is 4.90 Å². The van der Waals surface area contributed by atoms with Crippen LogP contribution in [0.3, 0.4) is 0 Å². The second-order valence-electron chi connectivity index (χ2n) is 6.29. The first-order valence-electron chi connectivity index (χ1n) is 7.78. The van der Waals surface area contributed by atoms with Gasteiger partial charge in [0.15, 0.2) is 0 Å². The minimum atomic E-state index is -0.442. The predicted octanol–water partition coefficient (Wildman–Crippen LogP) is 1.94. The fourth-order valence-corrected chi connectivity index (χ4v) is 2.85. The third-order valence-electron chi connectivity index (χ3n) is 4.44. The van der Waals surface area contributed by atoms with Crippen molar-refractivity contribution in [2.24, 2.45) is 17.6 Å². The van der Waals surface area contributed by atoms with Gasteiger partial charge < -0.3 is 15.7 Å². The van der Waals surface area contributed by atoms with E-state index in [9.17, 15) is 9.90 Å². The van der Waals surface area contributed by atoms with Crippen molar-refractivity contribution in [2.75, 3.05) is 13.1 Å². The Morgan fingerprint density at radius 1 is 1.24 bits per heavy atom. The van der Waals surface area contributed by atoms with E-state index >= 15 is 0 Å². The van der Waals surface area contributed by atoms with E-state index in [0.717, 1.165) is 18.4 Å². The smallest absolute Gasteiger partial charge is 0.239 e. The van der Waals surface area contributed by atoms with Crippen LogP contribution in [-0.4, -0.2) is 35.0 Å². The molecule has 1 aromatic rings.